The van der Waals surface area contributed by atoms with Crippen LogP contribution >= 0.6 is 0 Å². The average Bonchev–Trinajstić information content (AvgIpc) is 2.62. The van der Waals surface area contributed by atoms with Crippen LogP contribution < -0.4 is 10.2 Å². The first-order valence-electron chi connectivity index (χ1n) is 8.71. The molecule has 4 nitrogen and oxygen atoms in total. The van der Waals surface area contributed by atoms with Gasteiger partial charge in [-0.2, -0.15) is 0 Å². The number of benzene rings is 2. The number of hydrogen-bond acceptors (Lipinski definition) is 3. The SMILES string of the molecule is Cc1cccc(NCCC(=O)N2CCN(c3ccc(F)cc3)CC2)c1. The Morgan fingerprint density at radius 3 is 2.48 bits per heavy atom. The van der Waals surface area contributed by atoms with Gasteiger partial charge in [-0.25, -0.2) is 4.39 Å². The van der Waals surface area contributed by atoms with Crippen molar-refractivity contribution in [1.82, 2.24) is 4.90 Å². The summed E-state index contributed by atoms with van der Waals surface area (Å²) in [5.41, 5.74) is 3.26. The van der Waals surface area contributed by atoms with E-state index in [1.807, 2.05) is 17.0 Å². The minimum atomic E-state index is -0.223. The van der Waals surface area contributed by atoms with Crippen LogP contribution in [0.4, 0.5) is 15.8 Å². The van der Waals surface area contributed by atoms with E-state index in [0.717, 1.165) is 24.5 Å². The van der Waals surface area contributed by atoms with Gasteiger partial charge in [0, 0.05) is 50.5 Å². The van der Waals surface area contributed by atoms with Gasteiger partial charge < -0.3 is 15.1 Å². The largest absolute Gasteiger partial charge is 0.385 e. The summed E-state index contributed by atoms with van der Waals surface area (Å²) >= 11 is 0. The highest BCUT2D eigenvalue weighted by atomic mass is 19.1. The average molecular weight is 341 g/mol. The Balaban J connectivity index is 1.43. The molecule has 1 fully saturated rings. The predicted molar refractivity (Wildman–Crippen MR) is 99.5 cm³/mol. The highest BCUT2D eigenvalue weighted by Gasteiger charge is 2.20. The molecule has 0 spiro atoms. The number of halogens is 1. The molecule has 0 saturated carbocycles. The second-order valence-corrected chi connectivity index (χ2v) is 6.39. The number of aryl methyl sites for hydroxylation is 1. The zero-order valence-corrected chi connectivity index (χ0v) is 14.5. The highest BCUT2D eigenvalue weighted by molar-refractivity contribution is 5.77. The molecule has 1 saturated heterocycles. The summed E-state index contributed by atoms with van der Waals surface area (Å²) in [7, 11) is 0. The van der Waals surface area contributed by atoms with Crippen LogP contribution in [-0.4, -0.2) is 43.5 Å². The van der Waals surface area contributed by atoms with Crippen molar-refractivity contribution in [1.29, 1.82) is 0 Å². The van der Waals surface area contributed by atoms with Crippen molar-refractivity contribution in [2.75, 3.05) is 42.9 Å². The molecule has 1 aliphatic heterocycles. The van der Waals surface area contributed by atoms with Crippen LogP contribution in [0.25, 0.3) is 0 Å². The molecule has 1 heterocycles. The van der Waals surface area contributed by atoms with Crippen LogP contribution in [-0.2, 0) is 4.79 Å². The molecular formula is C20H24FN3O. The third-order valence-electron chi connectivity index (χ3n) is 4.51. The number of amides is 1. The Morgan fingerprint density at radius 1 is 1.08 bits per heavy atom. The van der Waals surface area contributed by atoms with Crippen LogP contribution in [0.15, 0.2) is 48.5 Å². The first-order chi connectivity index (χ1) is 12.1. The maximum absolute atomic E-state index is 13.0. The second-order valence-electron chi connectivity index (χ2n) is 6.39. The summed E-state index contributed by atoms with van der Waals surface area (Å²) in [6.07, 6.45) is 0.491. The van der Waals surface area contributed by atoms with Crippen LogP contribution in [0.1, 0.15) is 12.0 Å². The number of piperazine rings is 1. The summed E-state index contributed by atoms with van der Waals surface area (Å²) in [4.78, 5) is 16.5. The maximum atomic E-state index is 13.0. The van der Waals surface area contributed by atoms with Gasteiger partial charge in [-0.05, 0) is 48.9 Å². The third kappa shape index (κ3) is 4.72. The number of anilines is 2. The molecule has 2 aromatic carbocycles. The van der Waals surface area contributed by atoms with Crippen LogP contribution in [0.5, 0.6) is 0 Å². The Kier molecular flexibility index (Phi) is 5.53. The Bertz CT molecular complexity index is 709. The molecule has 0 radical (unpaired) electrons. The van der Waals surface area contributed by atoms with E-state index in [-0.39, 0.29) is 11.7 Å². The minimum absolute atomic E-state index is 0.180. The molecule has 132 valence electrons. The van der Waals surface area contributed by atoms with Gasteiger partial charge in [-0.1, -0.05) is 12.1 Å². The lowest BCUT2D eigenvalue weighted by molar-refractivity contribution is -0.131. The molecule has 0 aliphatic carbocycles. The van der Waals surface area contributed by atoms with E-state index in [1.165, 1.54) is 17.7 Å². The van der Waals surface area contributed by atoms with Gasteiger partial charge in [-0.3, -0.25) is 4.79 Å². The van der Waals surface area contributed by atoms with Gasteiger partial charge in [0.1, 0.15) is 5.82 Å². The van der Waals surface area contributed by atoms with E-state index < -0.39 is 0 Å². The smallest absolute Gasteiger partial charge is 0.224 e. The number of carbonyl (C=O) groups excluding carboxylic acids is 1. The normalized spacial score (nSPS) is 14.5. The summed E-state index contributed by atoms with van der Waals surface area (Å²) in [6, 6.07) is 14.7. The van der Waals surface area contributed by atoms with Gasteiger partial charge in [-0.15, -0.1) is 0 Å². The first kappa shape index (κ1) is 17.3. The standard InChI is InChI=1S/C20H24FN3O/c1-16-3-2-4-18(15-16)22-10-9-20(25)24-13-11-23(12-14-24)19-7-5-17(21)6-8-19/h2-8,15,22H,9-14H2,1H3. The molecule has 1 N–H and O–H groups in total. The predicted octanol–water partition coefficient (Wildman–Crippen LogP) is 3.28. The quantitative estimate of drug-likeness (QED) is 0.906. The molecule has 0 bridgehead atoms. The van der Waals surface area contributed by atoms with Crippen molar-refractivity contribution >= 4 is 17.3 Å². The fourth-order valence-corrected chi connectivity index (χ4v) is 3.09. The molecule has 1 amide bonds. The molecule has 1 aliphatic rings. The number of nitrogens with zero attached hydrogens (tertiary/aromatic N) is 2. The van der Waals surface area contributed by atoms with E-state index in [4.69, 9.17) is 0 Å². The Morgan fingerprint density at radius 2 is 1.80 bits per heavy atom. The lowest BCUT2D eigenvalue weighted by atomic mass is 10.2. The van der Waals surface area contributed by atoms with E-state index in [9.17, 15) is 9.18 Å². The lowest BCUT2D eigenvalue weighted by Crippen LogP contribution is -2.49. The summed E-state index contributed by atoms with van der Waals surface area (Å²) in [6.45, 7) is 5.67. The molecule has 0 atom stereocenters. The second kappa shape index (κ2) is 8.01. The zero-order chi connectivity index (χ0) is 17.6. The molecule has 0 aromatic heterocycles. The van der Waals surface area contributed by atoms with Crippen molar-refractivity contribution in [3.05, 3.63) is 59.9 Å². The van der Waals surface area contributed by atoms with Crippen molar-refractivity contribution in [3.8, 4) is 0 Å². The molecule has 5 heteroatoms. The third-order valence-corrected chi connectivity index (χ3v) is 4.51. The van der Waals surface area contributed by atoms with Gasteiger partial charge in [0.25, 0.3) is 0 Å². The Labute approximate surface area is 148 Å². The molecule has 2 aromatic rings. The maximum Gasteiger partial charge on any atom is 0.224 e. The zero-order valence-electron chi connectivity index (χ0n) is 14.5. The van der Waals surface area contributed by atoms with Crippen LogP contribution in [0, 0.1) is 12.7 Å². The molecule has 0 unspecified atom stereocenters. The summed E-state index contributed by atoms with van der Waals surface area (Å²) in [5, 5.41) is 3.30. The van der Waals surface area contributed by atoms with Crippen LogP contribution in [0.3, 0.4) is 0 Å². The van der Waals surface area contributed by atoms with Gasteiger partial charge in [0.05, 0.1) is 0 Å². The molecule has 3 rings (SSSR count). The fraction of sp³-hybridized carbons (Fsp3) is 0.350. The lowest BCUT2D eigenvalue weighted by Gasteiger charge is -2.36. The van der Waals surface area contributed by atoms with Crippen molar-refractivity contribution in [2.24, 2.45) is 0 Å². The van der Waals surface area contributed by atoms with Crippen LogP contribution in [0.2, 0.25) is 0 Å². The Hall–Kier alpha value is -2.56. The highest BCUT2D eigenvalue weighted by Crippen LogP contribution is 2.17. The summed E-state index contributed by atoms with van der Waals surface area (Å²) < 4.78 is 13.0. The van der Waals surface area contributed by atoms with Crippen molar-refractivity contribution < 1.29 is 9.18 Å². The van der Waals surface area contributed by atoms with Crippen molar-refractivity contribution in [2.45, 2.75) is 13.3 Å². The summed E-state index contributed by atoms with van der Waals surface area (Å²) in [5.74, 6) is -0.0439. The monoisotopic (exact) mass is 341 g/mol. The number of rotatable bonds is 5. The first-order valence-corrected chi connectivity index (χ1v) is 8.71. The number of carbonyl (C=O) groups is 1. The van der Waals surface area contributed by atoms with Crippen molar-refractivity contribution in [3.63, 3.8) is 0 Å². The van der Waals surface area contributed by atoms with E-state index in [1.54, 1.807) is 12.1 Å². The minimum Gasteiger partial charge on any atom is -0.385 e. The van der Waals surface area contributed by atoms with E-state index >= 15 is 0 Å². The van der Waals surface area contributed by atoms with E-state index in [0.29, 0.717) is 26.1 Å². The van der Waals surface area contributed by atoms with Gasteiger partial charge in [0.15, 0.2) is 0 Å². The molecular weight excluding hydrogens is 317 g/mol. The van der Waals surface area contributed by atoms with Gasteiger partial charge >= 0.3 is 0 Å². The fourth-order valence-electron chi connectivity index (χ4n) is 3.09. The molecule has 25 heavy (non-hydrogen) atoms. The number of nitrogens with one attached hydrogen (secondary N) is 1. The van der Waals surface area contributed by atoms with Gasteiger partial charge in [0.2, 0.25) is 5.91 Å². The van der Waals surface area contributed by atoms with E-state index in [2.05, 4.69) is 29.3 Å². The topological polar surface area (TPSA) is 35.6 Å². The number of hydrogen-bond donors (Lipinski definition) is 1.